The summed E-state index contributed by atoms with van der Waals surface area (Å²) in [6.45, 7) is 14.7. The first-order chi connectivity index (χ1) is 24.3. The number of aromatic nitrogens is 4. The van der Waals surface area contributed by atoms with Crippen LogP contribution in [0, 0.1) is 19.3 Å². The third-order valence-corrected chi connectivity index (χ3v) is 11.2. The number of benzene rings is 2. The number of amides is 1. The van der Waals surface area contributed by atoms with Crippen molar-refractivity contribution in [2.24, 2.45) is 5.41 Å². The zero-order valence-electron chi connectivity index (χ0n) is 31.1. The van der Waals surface area contributed by atoms with Gasteiger partial charge in [-0.25, -0.2) is 23.1 Å². The summed E-state index contributed by atoms with van der Waals surface area (Å²) in [5.41, 5.74) is 4.08. The minimum atomic E-state index is -4.17. The van der Waals surface area contributed by atoms with Crippen molar-refractivity contribution in [3.8, 4) is 17.1 Å². The molecule has 1 unspecified atom stereocenters. The highest BCUT2D eigenvalue weighted by molar-refractivity contribution is 7.92. The molecule has 0 radical (unpaired) electrons. The van der Waals surface area contributed by atoms with Gasteiger partial charge in [0.25, 0.3) is 15.9 Å². The topological polar surface area (TPSA) is 131 Å². The highest BCUT2D eigenvalue weighted by atomic mass is 32.2. The van der Waals surface area contributed by atoms with E-state index in [-0.39, 0.29) is 48.2 Å². The molecule has 12 heteroatoms. The van der Waals surface area contributed by atoms with E-state index in [2.05, 4.69) is 45.3 Å². The lowest BCUT2D eigenvalue weighted by atomic mass is 9.83. The van der Waals surface area contributed by atoms with Gasteiger partial charge in [0.2, 0.25) is 11.8 Å². The van der Waals surface area contributed by atoms with Crippen LogP contribution in [0.4, 0.5) is 11.8 Å². The predicted molar refractivity (Wildman–Crippen MR) is 204 cm³/mol. The van der Waals surface area contributed by atoms with Gasteiger partial charge in [0.15, 0.2) is 0 Å². The highest BCUT2D eigenvalue weighted by Gasteiger charge is 2.33. The van der Waals surface area contributed by atoms with Crippen molar-refractivity contribution in [2.75, 3.05) is 23.3 Å². The zero-order chi connectivity index (χ0) is 36.9. The molecule has 4 bridgehead atoms. The fraction of sp³-hybridized carbons (Fsp3) is 0.462. The Bertz CT molecular complexity index is 1950. The van der Waals surface area contributed by atoms with E-state index in [0.717, 1.165) is 41.8 Å². The van der Waals surface area contributed by atoms with Crippen LogP contribution in [0.25, 0.3) is 11.3 Å². The molecule has 2 aliphatic rings. The zero-order valence-corrected chi connectivity index (χ0v) is 31.9. The molecule has 3 heterocycles. The molecule has 6 rings (SSSR count). The van der Waals surface area contributed by atoms with Crippen LogP contribution in [0.15, 0.2) is 65.8 Å². The van der Waals surface area contributed by atoms with E-state index in [1.54, 1.807) is 35.5 Å². The molecule has 4 aromatic rings. The van der Waals surface area contributed by atoms with E-state index in [1.165, 1.54) is 18.6 Å². The number of fused-ring (bicyclic) bond motifs is 4. The van der Waals surface area contributed by atoms with Gasteiger partial charge in [-0.3, -0.25) is 9.78 Å². The summed E-state index contributed by atoms with van der Waals surface area (Å²) in [6, 6.07) is 13.7. The van der Waals surface area contributed by atoms with Crippen LogP contribution in [-0.2, 0) is 16.6 Å². The van der Waals surface area contributed by atoms with Crippen molar-refractivity contribution in [3.05, 3.63) is 83.3 Å². The van der Waals surface area contributed by atoms with E-state index in [1.807, 2.05) is 52.9 Å². The van der Waals surface area contributed by atoms with Crippen LogP contribution in [-0.4, -0.2) is 64.9 Å². The molecule has 2 aromatic carbocycles. The minimum Gasteiger partial charge on any atom is -0.475 e. The molecule has 11 nitrogen and oxygen atoms in total. The maximum Gasteiger partial charge on any atom is 0.264 e. The fourth-order valence-electron chi connectivity index (χ4n) is 6.40. The Labute approximate surface area is 304 Å². The number of hydrogen-bond donors (Lipinski definition) is 1. The van der Waals surface area contributed by atoms with E-state index in [4.69, 9.17) is 9.72 Å². The Morgan fingerprint density at radius 3 is 2.39 bits per heavy atom. The normalized spacial score (nSPS) is 17.3. The maximum atomic E-state index is 14.6. The number of rotatable bonds is 8. The van der Waals surface area contributed by atoms with Gasteiger partial charge in [-0.1, -0.05) is 65.3 Å². The van der Waals surface area contributed by atoms with Gasteiger partial charge in [-0.2, -0.15) is 4.98 Å². The Balaban J connectivity index is 0.00000198. The van der Waals surface area contributed by atoms with Crippen molar-refractivity contribution in [3.63, 3.8) is 0 Å². The van der Waals surface area contributed by atoms with Crippen LogP contribution in [0.5, 0.6) is 5.88 Å². The van der Waals surface area contributed by atoms with Crippen molar-refractivity contribution in [2.45, 2.75) is 104 Å². The number of sulfonamides is 1. The van der Waals surface area contributed by atoms with Gasteiger partial charge < -0.3 is 14.5 Å². The molecular formula is C39H53N7O4S. The standard InChI is InChI=1S/C37H45N7O4S.C2H6.H2/c1-7-37(4,5)19-29-23-48-33-18-31(34-24(2)11-8-12-25(34)3)40-36(41-33)42-49(46,47)30-16-9-13-26(17-30)35(45)44(29)22-27-20-38-21-32(39-27)43(6)28-14-10-15-28;1-2;/h8-9,11-13,16-18,20-21,28-29H,7,10,14-15,19,22-23H2,1-6H3,(H,40,41,42);1-2H3;1H. The predicted octanol–water partition coefficient (Wildman–Crippen LogP) is 7.84. The maximum absolute atomic E-state index is 14.6. The quantitative estimate of drug-likeness (QED) is 0.194. The summed E-state index contributed by atoms with van der Waals surface area (Å²) in [4.78, 5) is 37.0. The van der Waals surface area contributed by atoms with E-state index in [0.29, 0.717) is 23.9 Å². The highest BCUT2D eigenvalue weighted by Crippen LogP contribution is 2.33. The number of aryl methyl sites for hydroxylation is 2. The first kappa shape index (κ1) is 37.7. The lowest BCUT2D eigenvalue weighted by Gasteiger charge is -2.37. The van der Waals surface area contributed by atoms with Crippen LogP contribution >= 0.6 is 0 Å². The van der Waals surface area contributed by atoms with Gasteiger partial charge in [0.1, 0.15) is 12.4 Å². The molecular weight excluding hydrogens is 663 g/mol. The van der Waals surface area contributed by atoms with Crippen molar-refractivity contribution < 1.29 is 19.4 Å². The summed E-state index contributed by atoms with van der Waals surface area (Å²) in [5, 5.41) is 0. The average Bonchev–Trinajstić information content (AvgIpc) is 3.08. The van der Waals surface area contributed by atoms with E-state index in [9.17, 15) is 13.2 Å². The Hall–Kier alpha value is -4.58. The molecule has 51 heavy (non-hydrogen) atoms. The van der Waals surface area contributed by atoms with Crippen LogP contribution in [0.3, 0.4) is 0 Å². The third-order valence-electron chi connectivity index (χ3n) is 9.92. The smallest absolute Gasteiger partial charge is 0.264 e. The Morgan fingerprint density at radius 1 is 1.02 bits per heavy atom. The SMILES string of the molecule is CC.CCC(C)(C)CC1COc2cc(-c3c(C)cccc3C)nc(n2)NS(=O)(=O)c2cccc(c2)C(=O)N1Cc1cncc(N(C)C2CCC2)n1.[HH]. The largest absolute Gasteiger partial charge is 0.475 e. The number of carbonyl (C=O) groups excluding carboxylic acids is 1. The van der Waals surface area contributed by atoms with Crippen LogP contribution < -0.4 is 14.4 Å². The van der Waals surface area contributed by atoms with Gasteiger partial charge >= 0.3 is 0 Å². The Morgan fingerprint density at radius 2 is 1.73 bits per heavy atom. The first-order valence-electron chi connectivity index (χ1n) is 17.9. The molecule has 1 N–H and O–H groups in total. The molecule has 1 aliphatic heterocycles. The molecule has 1 aliphatic carbocycles. The molecule has 1 atom stereocenters. The van der Waals surface area contributed by atoms with Gasteiger partial charge in [-0.15, -0.1) is 0 Å². The summed E-state index contributed by atoms with van der Waals surface area (Å²) < 4.78 is 36.4. The molecule has 0 saturated heterocycles. The van der Waals surface area contributed by atoms with Crippen LogP contribution in [0.1, 0.15) is 95.3 Å². The average molecular weight is 716 g/mol. The molecule has 274 valence electrons. The first-order valence-corrected chi connectivity index (χ1v) is 19.4. The van der Waals surface area contributed by atoms with Crippen molar-refractivity contribution >= 4 is 27.7 Å². The van der Waals surface area contributed by atoms with Crippen LogP contribution in [0.2, 0.25) is 0 Å². The van der Waals surface area contributed by atoms with Gasteiger partial charge in [0, 0.05) is 31.7 Å². The molecule has 2 aromatic heterocycles. The number of anilines is 2. The Kier molecular flexibility index (Phi) is 11.6. The minimum absolute atomic E-state index is 0. The van der Waals surface area contributed by atoms with Crippen molar-refractivity contribution in [1.82, 2.24) is 24.8 Å². The number of nitrogens with zero attached hydrogens (tertiary/aromatic N) is 6. The molecule has 1 saturated carbocycles. The molecule has 0 spiro atoms. The summed E-state index contributed by atoms with van der Waals surface area (Å²) in [5.74, 6) is 0.516. The monoisotopic (exact) mass is 715 g/mol. The molecule has 1 amide bonds. The second-order valence-corrected chi connectivity index (χ2v) is 15.7. The summed E-state index contributed by atoms with van der Waals surface area (Å²) >= 11 is 0. The lowest BCUT2D eigenvalue weighted by molar-refractivity contribution is 0.0493. The van der Waals surface area contributed by atoms with Gasteiger partial charge in [-0.05, 0) is 74.3 Å². The number of carbonyl (C=O) groups is 1. The van der Waals surface area contributed by atoms with E-state index >= 15 is 0 Å². The lowest BCUT2D eigenvalue weighted by Crippen LogP contribution is -2.45. The number of ether oxygens (including phenoxy) is 1. The number of nitrogens with one attached hydrogen (secondary N) is 1. The summed E-state index contributed by atoms with van der Waals surface area (Å²) in [6.07, 6.45) is 8.36. The summed E-state index contributed by atoms with van der Waals surface area (Å²) in [7, 11) is -2.14. The third kappa shape index (κ3) is 8.66. The van der Waals surface area contributed by atoms with E-state index < -0.39 is 16.1 Å². The number of hydrogen-bond acceptors (Lipinski definition) is 9. The second kappa shape index (κ2) is 15.8. The molecule has 1 fully saturated rings. The second-order valence-electron chi connectivity index (χ2n) is 14.0. The fourth-order valence-corrected chi connectivity index (χ4v) is 7.39. The van der Waals surface area contributed by atoms with Crippen molar-refractivity contribution in [1.29, 1.82) is 0 Å². The van der Waals surface area contributed by atoms with Gasteiger partial charge in [0.05, 0.1) is 41.3 Å².